The fraction of sp³-hybridized carbons (Fsp3) is 0.562. The summed E-state index contributed by atoms with van der Waals surface area (Å²) in [5.41, 5.74) is 1.26. The number of nitrogens with one attached hydrogen (secondary N) is 2. The summed E-state index contributed by atoms with van der Waals surface area (Å²) in [5.74, 6) is 0.987. The zero-order chi connectivity index (χ0) is 15.0. The van der Waals surface area contributed by atoms with Crippen molar-refractivity contribution in [1.29, 1.82) is 0 Å². The Labute approximate surface area is 134 Å². The van der Waals surface area contributed by atoms with Crippen LogP contribution in [-0.4, -0.2) is 32.7 Å². The van der Waals surface area contributed by atoms with Gasteiger partial charge in [-0.2, -0.15) is 0 Å². The molecule has 0 aliphatic carbocycles. The Bertz CT molecular complexity index is 409. The molecular formula is C16H27ClN2O2. The Balaban J connectivity index is 0.00000400. The van der Waals surface area contributed by atoms with E-state index in [2.05, 4.69) is 22.8 Å². The van der Waals surface area contributed by atoms with Gasteiger partial charge in [0.25, 0.3) is 0 Å². The van der Waals surface area contributed by atoms with Crippen LogP contribution in [0.5, 0.6) is 5.75 Å². The first kappa shape index (κ1) is 19.7. The van der Waals surface area contributed by atoms with Gasteiger partial charge in [0.1, 0.15) is 5.75 Å². The van der Waals surface area contributed by atoms with E-state index in [-0.39, 0.29) is 30.3 Å². The lowest BCUT2D eigenvalue weighted by molar-refractivity contribution is -0.125. The van der Waals surface area contributed by atoms with Crippen molar-refractivity contribution in [2.75, 3.05) is 20.7 Å². The molecule has 1 amide bonds. The molecule has 0 aliphatic heterocycles. The second-order valence-electron chi connectivity index (χ2n) is 5.26. The molecule has 2 atom stereocenters. The van der Waals surface area contributed by atoms with Gasteiger partial charge < -0.3 is 15.4 Å². The predicted molar refractivity (Wildman–Crippen MR) is 89.3 cm³/mol. The van der Waals surface area contributed by atoms with Crippen molar-refractivity contribution < 1.29 is 9.53 Å². The van der Waals surface area contributed by atoms with Crippen LogP contribution in [0.25, 0.3) is 0 Å². The Morgan fingerprint density at radius 1 is 1.24 bits per heavy atom. The zero-order valence-corrected chi connectivity index (χ0v) is 14.1. The minimum Gasteiger partial charge on any atom is -0.497 e. The topological polar surface area (TPSA) is 50.4 Å². The van der Waals surface area contributed by atoms with Crippen molar-refractivity contribution in [3.8, 4) is 5.75 Å². The van der Waals surface area contributed by atoms with Gasteiger partial charge in [-0.1, -0.05) is 19.1 Å². The summed E-state index contributed by atoms with van der Waals surface area (Å²) in [6.07, 6.45) is 1.89. The molecule has 120 valence electrons. The van der Waals surface area contributed by atoms with E-state index in [1.165, 1.54) is 5.56 Å². The molecule has 0 spiro atoms. The first-order valence-corrected chi connectivity index (χ1v) is 7.14. The van der Waals surface area contributed by atoms with Gasteiger partial charge >= 0.3 is 0 Å². The maximum Gasteiger partial charge on any atom is 0.224 e. The first-order chi connectivity index (χ1) is 9.56. The molecule has 2 unspecified atom stereocenters. The molecule has 0 saturated carbocycles. The summed E-state index contributed by atoms with van der Waals surface area (Å²) in [5, 5.41) is 6.07. The van der Waals surface area contributed by atoms with Crippen LogP contribution in [0.2, 0.25) is 0 Å². The standard InChI is InChI=1S/C16H26N2O2.ClH/c1-12(11-17-3)16(19)18-13(2)5-6-14-7-9-15(20-4)10-8-14;/h7-10,12-13,17H,5-6,11H2,1-4H3,(H,18,19);1H. The van der Waals surface area contributed by atoms with E-state index >= 15 is 0 Å². The summed E-state index contributed by atoms with van der Waals surface area (Å²) in [6.45, 7) is 4.69. The van der Waals surface area contributed by atoms with Gasteiger partial charge in [0.15, 0.2) is 0 Å². The van der Waals surface area contributed by atoms with Crippen LogP contribution in [0.15, 0.2) is 24.3 Å². The Kier molecular flexibility index (Phi) is 9.84. The van der Waals surface area contributed by atoms with Crippen molar-refractivity contribution in [2.24, 2.45) is 5.92 Å². The molecule has 0 saturated heterocycles. The largest absolute Gasteiger partial charge is 0.497 e. The van der Waals surface area contributed by atoms with E-state index in [9.17, 15) is 4.79 Å². The number of hydrogen-bond acceptors (Lipinski definition) is 3. The van der Waals surface area contributed by atoms with E-state index in [1.54, 1.807) is 7.11 Å². The Morgan fingerprint density at radius 2 is 1.86 bits per heavy atom. The average Bonchev–Trinajstić information content (AvgIpc) is 2.45. The van der Waals surface area contributed by atoms with Gasteiger partial charge in [-0.25, -0.2) is 0 Å². The van der Waals surface area contributed by atoms with Crippen molar-refractivity contribution in [3.05, 3.63) is 29.8 Å². The second-order valence-corrected chi connectivity index (χ2v) is 5.26. The van der Waals surface area contributed by atoms with Crippen LogP contribution >= 0.6 is 12.4 Å². The fourth-order valence-electron chi connectivity index (χ4n) is 2.03. The van der Waals surface area contributed by atoms with Crippen molar-refractivity contribution in [1.82, 2.24) is 10.6 Å². The SMILES string of the molecule is CNCC(C)C(=O)NC(C)CCc1ccc(OC)cc1.Cl. The lowest BCUT2D eigenvalue weighted by Gasteiger charge is -2.17. The number of ether oxygens (including phenoxy) is 1. The number of carbonyl (C=O) groups excluding carboxylic acids is 1. The molecule has 0 fully saturated rings. The number of methoxy groups -OCH3 is 1. The Hall–Kier alpha value is -1.26. The highest BCUT2D eigenvalue weighted by atomic mass is 35.5. The molecule has 0 radical (unpaired) electrons. The third kappa shape index (κ3) is 7.34. The monoisotopic (exact) mass is 314 g/mol. The van der Waals surface area contributed by atoms with Crippen molar-refractivity contribution in [3.63, 3.8) is 0 Å². The Morgan fingerprint density at radius 3 is 2.38 bits per heavy atom. The number of rotatable bonds is 8. The highest BCUT2D eigenvalue weighted by Gasteiger charge is 2.14. The maximum absolute atomic E-state index is 11.9. The highest BCUT2D eigenvalue weighted by molar-refractivity contribution is 5.85. The number of hydrogen-bond donors (Lipinski definition) is 2. The minimum absolute atomic E-state index is 0. The second kappa shape index (κ2) is 10.5. The molecule has 0 bridgehead atoms. The average molecular weight is 315 g/mol. The van der Waals surface area contributed by atoms with Gasteiger partial charge in [0, 0.05) is 18.5 Å². The van der Waals surface area contributed by atoms with E-state index in [0.29, 0.717) is 6.54 Å². The van der Waals surface area contributed by atoms with Gasteiger partial charge in [-0.05, 0) is 44.5 Å². The van der Waals surface area contributed by atoms with Crippen molar-refractivity contribution in [2.45, 2.75) is 32.7 Å². The minimum atomic E-state index is 0. The molecule has 1 rings (SSSR count). The van der Waals surface area contributed by atoms with E-state index in [4.69, 9.17) is 4.74 Å². The summed E-state index contributed by atoms with van der Waals surface area (Å²) in [6, 6.07) is 8.25. The normalized spacial score (nSPS) is 13.0. The molecular weight excluding hydrogens is 288 g/mol. The van der Waals surface area contributed by atoms with Crippen LogP contribution in [0, 0.1) is 5.92 Å². The smallest absolute Gasteiger partial charge is 0.224 e. The highest BCUT2D eigenvalue weighted by Crippen LogP contribution is 2.13. The van der Waals surface area contributed by atoms with Crippen LogP contribution in [0.4, 0.5) is 0 Å². The number of amides is 1. The van der Waals surface area contributed by atoms with Gasteiger partial charge in [-0.3, -0.25) is 4.79 Å². The predicted octanol–water partition coefficient (Wildman–Crippen LogP) is 2.41. The lowest BCUT2D eigenvalue weighted by atomic mass is 10.0. The van der Waals surface area contributed by atoms with Crippen LogP contribution in [0.1, 0.15) is 25.8 Å². The number of carbonyl (C=O) groups is 1. The quantitative estimate of drug-likeness (QED) is 0.775. The summed E-state index contributed by atoms with van der Waals surface area (Å²) < 4.78 is 5.13. The third-order valence-electron chi connectivity index (χ3n) is 3.37. The summed E-state index contributed by atoms with van der Waals surface area (Å²) in [4.78, 5) is 11.9. The number of aryl methyl sites for hydroxylation is 1. The number of halogens is 1. The van der Waals surface area contributed by atoms with Crippen molar-refractivity contribution >= 4 is 18.3 Å². The fourth-order valence-corrected chi connectivity index (χ4v) is 2.03. The molecule has 4 nitrogen and oxygen atoms in total. The molecule has 0 aliphatic rings. The molecule has 2 N–H and O–H groups in total. The van der Waals surface area contributed by atoms with E-state index in [1.807, 2.05) is 33.0 Å². The van der Waals surface area contributed by atoms with Gasteiger partial charge in [0.05, 0.1) is 7.11 Å². The molecule has 0 heterocycles. The van der Waals surface area contributed by atoms with E-state index in [0.717, 1.165) is 18.6 Å². The molecule has 1 aromatic rings. The molecule has 21 heavy (non-hydrogen) atoms. The molecule has 0 aromatic heterocycles. The third-order valence-corrected chi connectivity index (χ3v) is 3.37. The maximum atomic E-state index is 11.9. The molecule has 5 heteroatoms. The van der Waals surface area contributed by atoms with Crippen LogP contribution < -0.4 is 15.4 Å². The van der Waals surface area contributed by atoms with Crippen LogP contribution in [-0.2, 0) is 11.2 Å². The number of benzene rings is 1. The zero-order valence-electron chi connectivity index (χ0n) is 13.3. The van der Waals surface area contributed by atoms with Gasteiger partial charge in [-0.15, -0.1) is 12.4 Å². The van der Waals surface area contributed by atoms with Crippen LogP contribution in [0.3, 0.4) is 0 Å². The first-order valence-electron chi connectivity index (χ1n) is 7.14. The van der Waals surface area contributed by atoms with E-state index < -0.39 is 0 Å². The summed E-state index contributed by atoms with van der Waals surface area (Å²) >= 11 is 0. The lowest BCUT2D eigenvalue weighted by Crippen LogP contribution is -2.39. The molecule has 1 aromatic carbocycles. The summed E-state index contributed by atoms with van der Waals surface area (Å²) in [7, 11) is 3.52. The van der Waals surface area contributed by atoms with Gasteiger partial charge in [0.2, 0.25) is 5.91 Å².